The third-order valence-corrected chi connectivity index (χ3v) is 3.38. The van der Waals surface area contributed by atoms with Gasteiger partial charge in [0.25, 0.3) is 0 Å². The SMILES string of the molecule is CCc1ccnc(CNc2ncc(Br)c(OC(C)(C)C)n2)c1. The number of hydrogen-bond acceptors (Lipinski definition) is 5. The highest BCUT2D eigenvalue weighted by Crippen LogP contribution is 2.26. The summed E-state index contributed by atoms with van der Waals surface area (Å²) < 4.78 is 6.54. The molecule has 2 aromatic rings. The predicted octanol–water partition coefficient (Wildman–Crippen LogP) is 3.99. The van der Waals surface area contributed by atoms with Crippen LogP contribution >= 0.6 is 15.9 Å². The lowest BCUT2D eigenvalue weighted by atomic mass is 10.2. The van der Waals surface area contributed by atoms with Crippen molar-refractivity contribution in [3.63, 3.8) is 0 Å². The van der Waals surface area contributed by atoms with Crippen molar-refractivity contribution < 1.29 is 4.74 Å². The summed E-state index contributed by atoms with van der Waals surface area (Å²) in [6, 6.07) is 4.10. The van der Waals surface area contributed by atoms with Gasteiger partial charge in [0, 0.05) is 6.20 Å². The minimum absolute atomic E-state index is 0.314. The lowest BCUT2D eigenvalue weighted by Crippen LogP contribution is -2.24. The molecule has 0 atom stereocenters. The van der Waals surface area contributed by atoms with Crippen LogP contribution in [0.5, 0.6) is 5.88 Å². The standard InChI is InChI=1S/C16H21BrN4O/c1-5-11-6-7-18-12(8-11)9-19-15-20-10-13(17)14(21-15)22-16(2,3)4/h6-8,10H,5,9H2,1-4H3,(H,19,20,21). The van der Waals surface area contributed by atoms with Crippen LogP contribution in [-0.2, 0) is 13.0 Å². The van der Waals surface area contributed by atoms with Crippen molar-refractivity contribution in [1.82, 2.24) is 15.0 Å². The molecule has 0 amide bonds. The fraction of sp³-hybridized carbons (Fsp3) is 0.438. The molecule has 0 aliphatic rings. The normalized spacial score (nSPS) is 11.3. The molecular weight excluding hydrogens is 344 g/mol. The van der Waals surface area contributed by atoms with Gasteiger partial charge in [-0.25, -0.2) is 4.98 Å². The number of anilines is 1. The average Bonchev–Trinajstić information content (AvgIpc) is 2.47. The Morgan fingerprint density at radius 3 is 2.73 bits per heavy atom. The molecular formula is C16H21BrN4O. The van der Waals surface area contributed by atoms with Gasteiger partial charge >= 0.3 is 0 Å². The summed E-state index contributed by atoms with van der Waals surface area (Å²) in [5.41, 5.74) is 1.91. The topological polar surface area (TPSA) is 59.9 Å². The summed E-state index contributed by atoms with van der Waals surface area (Å²) in [6.07, 6.45) is 4.51. The second-order valence-electron chi connectivity index (χ2n) is 5.92. The van der Waals surface area contributed by atoms with E-state index in [9.17, 15) is 0 Å². The second kappa shape index (κ2) is 7.05. The first-order chi connectivity index (χ1) is 10.4. The van der Waals surface area contributed by atoms with E-state index >= 15 is 0 Å². The third-order valence-electron chi connectivity index (χ3n) is 2.83. The van der Waals surface area contributed by atoms with E-state index in [2.05, 4.69) is 49.2 Å². The van der Waals surface area contributed by atoms with Gasteiger partial charge in [0.05, 0.1) is 22.9 Å². The Hall–Kier alpha value is -1.69. The second-order valence-corrected chi connectivity index (χ2v) is 6.78. The van der Waals surface area contributed by atoms with E-state index in [0.29, 0.717) is 18.4 Å². The molecule has 0 aromatic carbocycles. The molecule has 2 aromatic heterocycles. The Kier molecular flexibility index (Phi) is 5.34. The molecule has 1 N–H and O–H groups in total. The van der Waals surface area contributed by atoms with E-state index < -0.39 is 0 Å². The highest BCUT2D eigenvalue weighted by atomic mass is 79.9. The fourth-order valence-electron chi connectivity index (χ4n) is 1.81. The Morgan fingerprint density at radius 1 is 1.27 bits per heavy atom. The number of nitrogens with one attached hydrogen (secondary N) is 1. The van der Waals surface area contributed by atoms with Crippen molar-refractivity contribution in [3.05, 3.63) is 40.3 Å². The first kappa shape index (κ1) is 16.7. The molecule has 0 unspecified atom stereocenters. The lowest BCUT2D eigenvalue weighted by molar-refractivity contribution is 0.123. The molecule has 0 saturated heterocycles. The zero-order valence-corrected chi connectivity index (χ0v) is 14.9. The van der Waals surface area contributed by atoms with Crippen LogP contribution in [-0.4, -0.2) is 20.6 Å². The van der Waals surface area contributed by atoms with Crippen LogP contribution in [0.2, 0.25) is 0 Å². The summed E-state index contributed by atoms with van der Waals surface area (Å²) in [5.74, 6) is 1.05. The minimum atomic E-state index is -0.314. The van der Waals surface area contributed by atoms with Gasteiger partial charge < -0.3 is 10.1 Å². The molecule has 6 heteroatoms. The molecule has 0 spiro atoms. The summed E-state index contributed by atoms with van der Waals surface area (Å²) in [6.45, 7) is 8.64. The maximum atomic E-state index is 5.81. The first-order valence-electron chi connectivity index (χ1n) is 7.26. The van der Waals surface area contributed by atoms with E-state index in [-0.39, 0.29) is 5.60 Å². The molecule has 0 fully saturated rings. The Labute approximate surface area is 139 Å². The quantitative estimate of drug-likeness (QED) is 0.868. The van der Waals surface area contributed by atoms with Crippen molar-refractivity contribution in [2.45, 2.75) is 46.3 Å². The van der Waals surface area contributed by atoms with E-state index in [1.807, 2.05) is 33.0 Å². The van der Waals surface area contributed by atoms with E-state index in [4.69, 9.17) is 4.74 Å². The van der Waals surface area contributed by atoms with Crippen LogP contribution in [0.15, 0.2) is 29.0 Å². The lowest BCUT2D eigenvalue weighted by Gasteiger charge is -2.21. The van der Waals surface area contributed by atoms with Crippen LogP contribution in [0, 0.1) is 0 Å². The van der Waals surface area contributed by atoms with Crippen LogP contribution in [0.4, 0.5) is 5.95 Å². The Morgan fingerprint density at radius 2 is 2.05 bits per heavy atom. The zero-order chi connectivity index (χ0) is 16.2. The minimum Gasteiger partial charge on any atom is -0.471 e. The van der Waals surface area contributed by atoms with E-state index in [1.165, 1.54) is 5.56 Å². The van der Waals surface area contributed by atoms with Gasteiger partial charge in [0.2, 0.25) is 11.8 Å². The molecule has 0 aliphatic carbocycles. The number of aryl methyl sites for hydroxylation is 1. The number of nitrogens with zero attached hydrogens (tertiary/aromatic N) is 3. The van der Waals surface area contributed by atoms with Crippen LogP contribution in [0.3, 0.4) is 0 Å². The zero-order valence-electron chi connectivity index (χ0n) is 13.4. The van der Waals surface area contributed by atoms with Gasteiger partial charge in [0.1, 0.15) is 5.60 Å². The van der Waals surface area contributed by atoms with Crippen molar-refractivity contribution in [2.75, 3.05) is 5.32 Å². The molecule has 0 radical (unpaired) electrons. The van der Waals surface area contributed by atoms with E-state index in [1.54, 1.807) is 6.20 Å². The average molecular weight is 365 g/mol. The molecule has 5 nitrogen and oxygen atoms in total. The van der Waals surface area contributed by atoms with Gasteiger partial charge in [-0.3, -0.25) is 4.98 Å². The van der Waals surface area contributed by atoms with E-state index in [0.717, 1.165) is 16.6 Å². The van der Waals surface area contributed by atoms with Gasteiger partial charge in [0.15, 0.2) is 0 Å². The van der Waals surface area contributed by atoms with Crippen molar-refractivity contribution >= 4 is 21.9 Å². The van der Waals surface area contributed by atoms with Crippen molar-refractivity contribution in [3.8, 4) is 5.88 Å². The van der Waals surface area contributed by atoms with Gasteiger partial charge in [-0.05, 0) is 60.8 Å². The molecule has 0 aliphatic heterocycles. The number of halogens is 1. The number of aromatic nitrogens is 3. The van der Waals surface area contributed by atoms with Crippen molar-refractivity contribution in [1.29, 1.82) is 0 Å². The summed E-state index contributed by atoms with van der Waals surface area (Å²) in [4.78, 5) is 13.0. The molecule has 118 valence electrons. The molecule has 2 heterocycles. The predicted molar refractivity (Wildman–Crippen MR) is 91.1 cm³/mol. The van der Waals surface area contributed by atoms with Crippen LogP contribution in [0.1, 0.15) is 39.0 Å². The maximum Gasteiger partial charge on any atom is 0.233 e. The van der Waals surface area contributed by atoms with Gasteiger partial charge in [-0.15, -0.1) is 0 Å². The summed E-state index contributed by atoms with van der Waals surface area (Å²) in [5, 5.41) is 3.18. The first-order valence-corrected chi connectivity index (χ1v) is 8.06. The number of ether oxygens (including phenoxy) is 1. The number of pyridine rings is 1. The number of hydrogen-bond donors (Lipinski definition) is 1. The Bertz CT molecular complexity index is 640. The van der Waals surface area contributed by atoms with Gasteiger partial charge in [-0.1, -0.05) is 6.92 Å². The highest BCUT2D eigenvalue weighted by Gasteiger charge is 2.16. The van der Waals surface area contributed by atoms with Crippen molar-refractivity contribution in [2.24, 2.45) is 0 Å². The van der Waals surface area contributed by atoms with Crippen LogP contribution in [0.25, 0.3) is 0 Å². The molecule has 0 bridgehead atoms. The number of rotatable bonds is 5. The van der Waals surface area contributed by atoms with Crippen LogP contribution < -0.4 is 10.1 Å². The molecule has 2 rings (SSSR count). The Balaban J connectivity index is 2.08. The molecule has 0 saturated carbocycles. The summed E-state index contributed by atoms with van der Waals surface area (Å²) in [7, 11) is 0. The monoisotopic (exact) mass is 364 g/mol. The smallest absolute Gasteiger partial charge is 0.233 e. The molecule has 22 heavy (non-hydrogen) atoms. The highest BCUT2D eigenvalue weighted by molar-refractivity contribution is 9.10. The largest absolute Gasteiger partial charge is 0.471 e. The maximum absolute atomic E-state index is 5.81. The van der Waals surface area contributed by atoms with Gasteiger partial charge in [-0.2, -0.15) is 4.98 Å². The summed E-state index contributed by atoms with van der Waals surface area (Å²) >= 11 is 3.41. The fourth-order valence-corrected chi connectivity index (χ4v) is 2.08. The third kappa shape index (κ3) is 4.94.